The molecule has 38 heavy (non-hydrogen) atoms. The standard InChI is InChI=1S/C29H35F2N5O2/c1-18(2)14-25(29(37)38-21-6-3-4-7-21)33-15-19-10-12-20(13-11-19)26-17-34-27(32)28(36-26)35-16-22-23(30)8-5-9-24(22)31/h5,8-13,17-18,21,25,33H,3-4,6-7,14-16H2,1-2H3,(H2,32,34)(H,35,36)/t25-/m1/s1. The van der Waals surface area contributed by atoms with Gasteiger partial charge in [-0.15, -0.1) is 0 Å². The summed E-state index contributed by atoms with van der Waals surface area (Å²) >= 11 is 0. The molecule has 0 aliphatic heterocycles. The van der Waals surface area contributed by atoms with Crippen molar-refractivity contribution in [2.24, 2.45) is 5.92 Å². The van der Waals surface area contributed by atoms with Gasteiger partial charge < -0.3 is 21.1 Å². The van der Waals surface area contributed by atoms with Crippen molar-refractivity contribution in [3.8, 4) is 11.3 Å². The van der Waals surface area contributed by atoms with Gasteiger partial charge in [-0.1, -0.05) is 44.2 Å². The van der Waals surface area contributed by atoms with Crippen molar-refractivity contribution in [2.45, 2.75) is 71.2 Å². The van der Waals surface area contributed by atoms with Gasteiger partial charge in [0.05, 0.1) is 11.9 Å². The molecule has 1 fully saturated rings. The molecule has 7 nitrogen and oxygen atoms in total. The number of nitrogens with two attached hydrogens (primary N) is 1. The van der Waals surface area contributed by atoms with Crippen LogP contribution in [0.2, 0.25) is 0 Å². The van der Waals surface area contributed by atoms with Crippen molar-refractivity contribution in [1.29, 1.82) is 0 Å². The summed E-state index contributed by atoms with van der Waals surface area (Å²) in [6, 6.07) is 11.1. The molecule has 9 heteroatoms. The van der Waals surface area contributed by atoms with Crippen LogP contribution in [0.5, 0.6) is 0 Å². The van der Waals surface area contributed by atoms with Gasteiger partial charge in [-0.05, 0) is 55.7 Å². The summed E-state index contributed by atoms with van der Waals surface area (Å²) in [7, 11) is 0. The molecule has 1 aromatic heterocycles. The number of benzene rings is 2. The molecule has 1 aliphatic carbocycles. The molecule has 4 rings (SSSR count). The molecule has 1 atom stereocenters. The SMILES string of the molecule is CC(C)C[C@@H](NCc1ccc(-c2cnc(N)c(NCc3c(F)cccc3F)n2)cc1)C(=O)OC1CCCC1. The van der Waals surface area contributed by atoms with Gasteiger partial charge in [-0.2, -0.15) is 0 Å². The summed E-state index contributed by atoms with van der Waals surface area (Å²) in [6.45, 7) is 4.59. The number of rotatable bonds is 11. The molecule has 0 unspecified atom stereocenters. The number of carbonyl (C=O) groups is 1. The van der Waals surface area contributed by atoms with E-state index in [1.165, 1.54) is 18.2 Å². The summed E-state index contributed by atoms with van der Waals surface area (Å²) in [5.41, 5.74) is 8.22. The first kappa shape index (κ1) is 27.4. The predicted molar refractivity (Wildman–Crippen MR) is 144 cm³/mol. The third kappa shape index (κ3) is 7.25. The molecule has 1 saturated carbocycles. The third-order valence-electron chi connectivity index (χ3n) is 6.67. The lowest BCUT2D eigenvalue weighted by molar-refractivity contribution is -0.151. The lowest BCUT2D eigenvalue weighted by Gasteiger charge is -2.22. The fraction of sp³-hybridized carbons (Fsp3) is 0.414. The molecular formula is C29H35F2N5O2. The number of hydrogen-bond acceptors (Lipinski definition) is 7. The van der Waals surface area contributed by atoms with Gasteiger partial charge in [0.1, 0.15) is 23.8 Å². The molecule has 0 bridgehead atoms. The van der Waals surface area contributed by atoms with E-state index in [0.717, 1.165) is 36.8 Å². The first-order valence-corrected chi connectivity index (χ1v) is 13.1. The number of anilines is 2. The number of esters is 1. The fourth-order valence-corrected chi connectivity index (χ4v) is 4.56. The van der Waals surface area contributed by atoms with Crippen LogP contribution in [0, 0.1) is 17.6 Å². The Labute approximate surface area is 222 Å². The Bertz CT molecular complexity index is 1210. The maximum atomic E-state index is 14.0. The molecule has 1 heterocycles. The average Bonchev–Trinajstić information content (AvgIpc) is 3.40. The summed E-state index contributed by atoms with van der Waals surface area (Å²) in [5, 5.41) is 6.25. The van der Waals surface area contributed by atoms with Crippen LogP contribution in [-0.4, -0.2) is 28.1 Å². The van der Waals surface area contributed by atoms with Crippen LogP contribution in [0.1, 0.15) is 57.1 Å². The van der Waals surface area contributed by atoms with E-state index in [0.29, 0.717) is 24.6 Å². The summed E-state index contributed by atoms with van der Waals surface area (Å²) in [6.07, 6.45) is 6.44. The van der Waals surface area contributed by atoms with E-state index in [4.69, 9.17) is 10.5 Å². The summed E-state index contributed by atoms with van der Waals surface area (Å²) < 4.78 is 33.7. The number of nitrogens with zero attached hydrogens (tertiary/aromatic N) is 2. The Morgan fingerprint density at radius 1 is 1.08 bits per heavy atom. The van der Waals surface area contributed by atoms with E-state index < -0.39 is 11.6 Å². The van der Waals surface area contributed by atoms with Crippen molar-refractivity contribution < 1.29 is 18.3 Å². The predicted octanol–water partition coefficient (Wildman–Crippen LogP) is 5.61. The third-order valence-corrected chi connectivity index (χ3v) is 6.67. The second kappa shape index (κ2) is 12.8. The van der Waals surface area contributed by atoms with Crippen LogP contribution in [0.4, 0.5) is 20.4 Å². The molecular weight excluding hydrogens is 488 g/mol. The van der Waals surface area contributed by atoms with Gasteiger partial charge in [-0.3, -0.25) is 4.79 Å². The quantitative estimate of drug-likeness (QED) is 0.281. The number of ether oxygens (including phenoxy) is 1. The summed E-state index contributed by atoms with van der Waals surface area (Å²) in [4.78, 5) is 21.5. The molecule has 2 aromatic carbocycles. The Kier molecular flexibility index (Phi) is 9.23. The summed E-state index contributed by atoms with van der Waals surface area (Å²) in [5.74, 6) is -0.735. The van der Waals surface area contributed by atoms with E-state index in [2.05, 4.69) is 34.4 Å². The van der Waals surface area contributed by atoms with Gasteiger partial charge in [0.2, 0.25) is 0 Å². The van der Waals surface area contributed by atoms with Crippen LogP contribution < -0.4 is 16.4 Å². The molecule has 0 radical (unpaired) electrons. The Morgan fingerprint density at radius 2 is 1.76 bits per heavy atom. The Balaban J connectivity index is 1.39. The normalized spacial score (nSPS) is 14.6. The monoisotopic (exact) mass is 523 g/mol. The van der Waals surface area contributed by atoms with Crippen LogP contribution >= 0.6 is 0 Å². The number of hydrogen-bond donors (Lipinski definition) is 3. The van der Waals surface area contributed by atoms with Crippen LogP contribution in [0.15, 0.2) is 48.7 Å². The zero-order chi connectivity index (χ0) is 27.1. The highest BCUT2D eigenvalue weighted by molar-refractivity contribution is 5.76. The lowest BCUT2D eigenvalue weighted by atomic mass is 10.0. The average molecular weight is 524 g/mol. The Morgan fingerprint density at radius 3 is 2.42 bits per heavy atom. The Hall–Kier alpha value is -3.59. The van der Waals surface area contributed by atoms with E-state index in [-0.39, 0.29) is 41.9 Å². The smallest absolute Gasteiger partial charge is 0.323 e. The van der Waals surface area contributed by atoms with E-state index in [1.54, 1.807) is 6.20 Å². The largest absolute Gasteiger partial charge is 0.461 e. The second-order valence-corrected chi connectivity index (χ2v) is 10.1. The number of nitrogens with one attached hydrogen (secondary N) is 2. The van der Waals surface area contributed by atoms with Gasteiger partial charge >= 0.3 is 5.97 Å². The second-order valence-electron chi connectivity index (χ2n) is 10.1. The maximum absolute atomic E-state index is 14.0. The van der Waals surface area contributed by atoms with Crippen LogP contribution in [0.3, 0.4) is 0 Å². The number of nitrogen functional groups attached to an aromatic ring is 1. The first-order valence-electron chi connectivity index (χ1n) is 13.1. The topological polar surface area (TPSA) is 102 Å². The molecule has 0 spiro atoms. The minimum absolute atomic E-state index is 0.0457. The molecule has 3 aromatic rings. The molecule has 202 valence electrons. The van der Waals surface area contributed by atoms with E-state index in [9.17, 15) is 13.6 Å². The highest BCUT2D eigenvalue weighted by Crippen LogP contribution is 2.24. The zero-order valence-electron chi connectivity index (χ0n) is 21.8. The van der Waals surface area contributed by atoms with Crippen molar-refractivity contribution in [3.05, 3.63) is 71.4 Å². The van der Waals surface area contributed by atoms with Crippen molar-refractivity contribution in [2.75, 3.05) is 11.1 Å². The molecule has 0 amide bonds. The number of carbonyl (C=O) groups excluding carboxylic acids is 1. The molecule has 0 saturated heterocycles. The number of aromatic nitrogens is 2. The number of halogens is 2. The van der Waals surface area contributed by atoms with Crippen molar-refractivity contribution in [3.63, 3.8) is 0 Å². The van der Waals surface area contributed by atoms with E-state index >= 15 is 0 Å². The minimum atomic E-state index is -0.646. The van der Waals surface area contributed by atoms with Gasteiger partial charge in [0.15, 0.2) is 11.6 Å². The molecule has 4 N–H and O–H groups in total. The molecule has 1 aliphatic rings. The maximum Gasteiger partial charge on any atom is 0.323 e. The van der Waals surface area contributed by atoms with Gasteiger partial charge in [0, 0.05) is 24.2 Å². The highest BCUT2D eigenvalue weighted by Gasteiger charge is 2.26. The van der Waals surface area contributed by atoms with E-state index in [1.807, 2.05) is 24.3 Å². The van der Waals surface area contributed by atoms with Crippen LogP contribution in [-0.2, 0) is 22.6 Å². The fourth-order valence-electron chi connectivity index (χ4n) is 4.56. The van der Waals surface area contributed by atoms with Crippen LogP contribution in [0.25, 0.3) is 11.3 Å². The zero-order valence-corrected chi connectivity index (χ0v) is 21.8. The first-order chi connectivity index (χ1) is 18.3. The van der Waals surface area contributed by atoms with Gasteiger partial charge in [-0.25, -0.2) is 18.7 Å². The minimum Gasteiger partial charge on any atom is -0.461 e. The highest BCUT2D eigenvalue weighted by atomic mass is 19.1. The van der Waals surface area contributed by atoms with Gasteiger partial charge in [0.25, 0.3) is 0 Å². The lowest BCUT2D eigenvalue weighted by Crippen LogP contribution is -2.40. The van der Waals surface area contributed by atoms with Crippen molar-refractivity contribution in [1.82, 2.24) is 15.3 Å². The van der Waals surface area contributed by atoms with Crippen molar-refractivity contribution >= 4 is 17.6 Å².